The van der Waals surface area contributed by atoms with Crippen molar-refractivity contribution in [3.8, 4) is 11.1 Å². The van der Waals surface area contributed by atoms with Crippen LogP contribution in [0.3, 0.4) is 0 Å². The first-order valence-electron chi connectivity index (χ1n) is 12.2. The summed E-state index contributed by atoms with van der Waals surface area (Å²) in [6, 6.07) is 9.29. The fraction of sp³-hybridized carbons (Fsp3) is 0.308. The second kappa shape index (κ2) is 9.77. The van der Waals surface area contributed by atoms with Gasteiger partial charge in [0, 0.05) is 47.5 Å². The smallest absolute Gasteiger partial charge is 0.152 e. The van der Waals surface area contributed by atoms with E-state index in [0.717, 1.165) is 11.4 Å². The van der Waals surface area contributed by atoms with Crippen molar-refractivity contribution in [2.75, 3.05) is 0 Å². The first-order valence-corrected chi connectivity index (χ1v) is 12.2. The molecule has 2 aliphatic rings. The number of aryl methyl sites for hydroxylation is 2. The summed E-state index contributed by atoms with van der Waals surface area (Å²) in [5, 5.41) is 24.2. The third-order valence-corrected chi connectivity index (χ3v) is 6.45. The van der Waals surface area contributed by atoms with Crippen LogP contribution in [0.5, 0.6) is 0 Å². The SMILES string of the molecule is Cc1cn(CC2CC(c3ccc(-c4ccc(C5=NO[C@@H](Cn6cc(C)nn6)C5)cc4F)c(F)c3)=NO2)nn1. The maximum absolute atomic E-state index is 15.1. The van der Waals surface area contributed by atoms with Crippen molar-refractivity contribution in [3.63, 3.8) is 0 Å². The molecule has 0 radical (unpaired) electrons. The number of halogens is 2. The van der Waals surface area contributed by atoms with E-state index in [1.54, 1.807) is 33.6 Å². The second-order valence-corrected chi connectivity index (χ2v) is 9.49. The van der Waals surface area contributed by atoms with Crippen LogP contribution in [0.4, 0.5) is 8.78 Å². The van der Waals surface area contributed by atoms with Crippen LogP contribution in [0, 0.1) is 25.5 Å². The van der Waals surface area contributed by atoms with Crippen LogP contribution >= 0.6 is 0 Å². The molecule has 1 unspecified atom stereocenters. The van der Waals surface area contributed by atoms with Crippen LogP contribution in [0.1, 0.15) is 35.4 Å². The average Bonchev–Trinajstić information content (AvgIpc) is 3.70. The molecule has 0 N–H and O–H groups in total. The van der Waals surface area contributed by atoms with Crippen LogP contribution in [0.15, 0.2) is 59.1 Å². The molecule has 0 spiro atoms. The number of hydrogen-bond donors (Lipinski definition) is 0. The van der Waals surface area contributed by atoms with E-state index in [9.17, 15) is 0 Å². The van der Waals surface area contributed by atoms with E-state index in [1.165, 1.54) is 12.1 Å². The largest absolute Gasteiger partial charge is 0.390 e. The number of aromatic nitrogens is 6. The van der Waals surface area contributed by atoms with Gasteiger partial charge in [0.2, 0.25) is 0 Å². The molecule has 194 valence electrons. The third kappa shape index (κ3) is 4.89. The van der Waals surface area contributed by atoms with Gasteiger partial charge in [-0.15, -0.1) is 10.2 Å². The minimum Gasteiger partial charge on any atom is -0.390 e. The topological polar surface area (TPSA) is 105 Å². The Morgan fingerprint density at radius 3 is 1.55 bits per heavy atom. The zero-order valence-electron chi connectivity index (χ0n) is 20.8. The summed E-state index contributed by atoms with van der Waals surface area (Å²) in [6.07, 6.45) is 4.20. The highest BCUT2D eigenvalue weighted by Crippen LogP contribution is 2.30. The lowest BCUT2D eigenvalue weighted by Gasteiger charge is -2.10. The molecule has 2 aromatic carbocycles. The molecule has 4 aromatic rings. The van der Waals surface area contributed by atoms with Gasteiger partial charge in [-0.05, 0) is 26.0 Å². The van der Waals surface area contributed by atoms with E-state index in [4.69, 9.17) is 9.68 Å². The Morgan fingerprint density at radius 1 is 0.737 bits per heavy atom. The standard InChI is InChI=1S/C26H24F2N8O2/c1-15-11-35(33-29-15)13-19-9-25(31-37-19)17-3-5-21(23(27)7-17)22-6-4-18(8-24(22)28)26-10-20(38-32-26)14-36-12-16(2)30-34-36/h3-8,11-12,19-20H,9-10,13-14H2,1-2H3/t19-,20?/m1/s1. The van der Waals surface area contributed by atoms with Crippen molar-refractivity contribution in [3.05, 3.63) is 82.9 Å². The van der Waals surface area contributed by atoms with Gasteiger partial charge in [-0.3, -0.25) is 0 Å². The Balaban J connectivity index is 1.12. The summed E-state index contributed by atoms with van der Waals surface area (Å²) in [5.74, 6) is -1.09. The number of benzene rings is 2. The van der Waals surface area contributed by atoms with Gasteiger partial charge in [0.05, 0.1) is 35.9 Å². The Bertz CT molecular complexity index is 1440. The van der Waals surface area contributed by atoms with E-state index in [0.29, 0.717) is 48.5 Å². The van der Waals surface area contributed by atoms with Crippen molar-refractivity contribution in [2.24, 2.45) is 10.3 Å². The molecule has 4 heterocycles. The Kier molecular flexibility index (Phi) is 6.14. The molecule has 0 bridgehead atoms. The quantitative estimate of drug-likeness (QED) is 0.368. The van der Waals surface area contributed by atoms with E-state index < -0.39 is 11.6 Å². The van der Waals surface area contributed by atoms with Crippen molar-refractivity contribution >= 4 is 11.4 Å². The summed E-state index contributed by atoms with van der Waals surface area (Å²) in [6.45, 7) is 4.70. The second-order valence-electron chi connectivity index (χ2n) is 9.49. The maximum Gasteiger partial charge on any atom is 0.152 e. The van der Waals surface area contributed by atoms with Crippen LogP contribution in [-0.2, 0) is 22.8 Å². The summed E-state index contributed by atoms with van der Waals surface area (Å²) in [4.78, 5) is 11.0. The molecule has 0 fully saturated rings. The van der Waals surface area contributed by atoms with Gasteiger partial charge < -0.3 is 9.68 Å². The maximum atomic E-state index is 15.1. The lowest BCUT2D eigenvalue weighted by molar-refractivity contribution is 0.0692. The number of oxime groups is 2. The minimum atomic E-state index is -0.545. The molecule has 2 aliphatic heterocycles. The number of hydrogen-bond acceptors (Lipinski definition) is 8. The highest BCUT2D eigenvalue weighted by atomic mass is 19.1. The fourth-order valence-corrected chi connectivity index (χ4v) is 4.61. The Morgan fingerprint density at radius 2 is 1.18 bits per heavy atom. The lowest BCUT2D eigenvalue weighted by atomic mass is 9.97. The predicted molar refractivity (Wildman–Crippen MR) is 133 cm³/mol. The summed E-state index contributed by atoms with van der Waals surface area (Å²) >= 11 is 0. The normalized spacial score (nSPS) is 18.7. The monoisotopic (exact) mass is 518 g/mol. The van der Waals surface area contributed by atoms with Crippen molar-refractivity contribution in [2.45, 2.75) is 52.0 Å². The van der Waals surface area contributed by atoms with Gasteiger partial charge in [0.25, 0.3) is 0 Å². The third-order valence-electron chi connectivity index (χ3n) is 6.45. The lowest BCUT2D eigenvalue weighted by Crippen LogP contribution is -2.17. The number of nitrogens with zero attached hydrogens (tertiary/aromatic N) is 8. The molecule has 0 saturated heterocycles. The van der Waals surface area contributed by atoms with Crippen LogP contribution in [-0.4, -0.2) is 53.6 Å². The van der Waals surface area contributed by atoms with Gasteiger partial charge in [0.15, 0.2) is 12.2 Å². The summed E-state index contributed by atoms with van der Waals surface area (Å²) < 4.78 is 33.7. The van der Waals surface area contributed by atoms with E-state index in [1.807, 2.05) is 26.2 Å². The average molecular weight is 519 g/mol. The highest BCUT2D eigenvalue weighted by Gasteiger charge is 2.26. The molecule has 0 saturated carbocycles. The molecule has 10 nitrogen and oxygen atoms in total. The molecule has 0 amide bonds. The van der Waals surface area contributed by atoms with E-state index in [2.05, 4.69) is 30.9 Å². The Hall–Kier alpha value is -4.48. The molecule has 0 aliphatic carbocycles. The van der Waals surface area contributed by atoms with Crippen LogP contribution in [0.2, 0.25) is 0 Å². The molecule has 2 aromatic heterocycles. The first-order chi connectivity index (χ1) is 18.4. The summed E-state index contributed by atoms with van der Waals surface area (Å²) in [7, 11) is 0. The van der Waals surface area contributed by atoms with Crippen LogP contribution in [0.25, 0.3) is 11.1 Å². The van der Waals surface area contributed by atoms with Crippen molar-refractivity contribution in [1.82, 2.24) is 30.0 Å². The van der Waals surface area contributed by atoms with E-state index in [-0.39, 0.29) is 23.3 Å². The highest BCUT2D eigenvalue weighted by molar-refractivity contribution is 6.02. The molecular formula is C26H24F2N8O2. The van der Waals surface area contributed by atoms with Gasteiger partial charge in [-0.2, -0.15) is 0 Å². The molecule has 38 heavy (non-hydrogen) atoms. The minimum absolute atomic E-state index is 0.163. The zero-order valence-corrected chi connectivity index (χ0v) is 20.8. The fourth-order valence-electron chi connectivity index (χ4n) is 4.61. The van der Waals surface area contributed by atoms with Crippen LogP contribution < -0.4 is 0 Å². The van der Waals surface area contributed by atoms with Gasteiger partial charge in [-0.25, -0.2) is 18.1 Å². The predicted octanol–water partition coefficient (Wildman–Crippen LogP) is 3.82. The molecule has 6 rings (SSSR count). The molecular weight excluding hydrogens is 494 g/mol. The van der Waals surface area contributed by atoms with E-state index >= 15 is 8.78 Å². The molecule has 2 atom stereocenters. The molecule has 12 heteroatoms. The Labute approximate surface area is 216 Å². The van der Waals surface area contributed by atoms with Gasteiger partial charge >= 0.3 is 0 Å². The zero-order chi connectivity index (χ0) is 26.2. The van der Waals surface area contributed by atoms with Gasteiger partial charge in [-0.1, -0.05) is 45.0 Å². The summed E-state index contributed by atoms with van der Waals surface area (Å²) in [5.41, 5.74) is 4.39. The van der Waals surface area contributed by atoms with Gasteiger partial charge in [0.1, 0.15) is 11.6 Å². The van der Waals surface area contributed by atoms with Crippen molar-refractivity contribution < 1.29 is 18.5 Å². The number of rotatable bonds is 7. The first kappa shape index (κ1) is 23.9. The van der Waals surface area contributed by atoms with Crippen molar-refractivity contribution in [1.29, 1.82) is 0 Å².